The molecule has 5 nitrogen and oxygen atoms in total. The molecule has 21 heavy (non-hydrogen) atoms. The van der Waals surface area contributed by atoms with Gasteiger partial charge in [0.15, 0.2) is 0 Å². The second-order valence-electron chi connectivity index (χ2n) is 5.49. The number of hydrogen-bond acceptors (Lipinski definition) is 3. The first-order valence-corrected chi connectivity index (χ1v) is 7.17. The maximum atomic E-state index is 12.6. The Balaban J connectivity index is 2.25. The average molecular weight is 291 g/mol. The van der Waals surface area contributed by atoms with Gasteiger partial charge in [0.1, 0.15) is 11.3 Å². The number of carbonyl (C=O) groups excluding carboxylic acids is 1. The van der Waals surface area contributed by atoms with Gasteiger partial charge in [-0.25, -0.2) is 4.79 Å². The van der Waals surface area contributed by atoms with Crippen molar-refractivity contribution in [3.05, 3.63) is 29.8 Å². The molecule has 1 aromatic rings. The smallest absolute Gasteiger partial charge is 0.329 e. The summed E-state index contributed by atoms with van der Waals surface area (Å²) in [6.45, 7) is 0. The van der Waals surface area contributed by atoms with Gasteiger partial charge in [0.05, 0.1) is 7.11 Å². The van der Waals surface area contributed by atoms with Crippen molar-refractivity contribution in [1.29, 1.82) is 0 Å². The summed E-state index contributed by atoms with van der Waals surface area (Å²) in [5.41, 5.74) is -0.598. The molecule has 0 saturated heterocycles. The fraction of sp³-hybridized carbons (Fsp3) is 0.500. The number of hydrogen-bond donors (Lipinski definition) is 1. The second kappa shape index (κ2) is 6.16. The van der Waals surface area contributed by atoms with Crippen molar-refractivity contribution in [2.75, 3.05) is 14.2 Å². The first-order chi connectivity index (χ1) is 10.0. The lowest BCUT2D eigenvalue weighted by Gasteiger charge is -2.41. The van der Waals surface area contributed by atoms with Crippen molar-refractivity contribution in [3.8, 4) is 5.75 Å². The zero-order valence-electron chi connectivity index (χ0n) is 12.5. The van der Waals surface area contributed by atoms with E-state index in [0.717, 1.165) is 19.3 Å². The number of rotatable bonds is 4. The zero-order valence-corrected chi connectivity index (χ0v) is 12.5. The van der Waals surface area contributed by atoms with Gasteiger partial charge in [-0.2, -0.15) is 0 Å². The Morgan fingerprint density at radius 3 is 2.19 bits per heavy atom. The number of methoxy groups -OCH3 is 1. The molecule has 0 unspecified atom stereocenters. The van der Waals surface area contributed by atoms with E-state index in [4.69, 9.17) is 4.74 Å². The normalized spacial score (nSPS) is 17.0. The number of carboxylic acids is 1. The molecule has 0 aromatic heterocycles. The van der Waals surface area contributed by atoms with Crippen molar-refractivity contribution < 1.29 is 19.4 Å². The summed E-state index contributed by atoms with van der Waals surface area (Å²) in [5, 5.41) is 9.62. The highest BCUT2D eigenvalue weighted by molar-refractivity contribution is 5.97. The molecule has 0 bridgehead atoms. The third kappa shape index (κ3) is 2.86. The van der Waals surface area contributed by atoms with E-state index in [0.29, 0.717) is 24.2 Å². The van der Waals surface area contributed by atoms with Crippen LogP contribution in [0.1, 0.15) is 42.5 Å². The summed E-state index contributed by atoms with van der Waals surface area (Å²) >= 11 is 0. The molecule has 1 aliphatic carbocycles. The van der Waals surface area contributed by atoms with Gasteiger partial charge in [0.25, 0.3) is 5.91 Å². The summed E-state index contributed by atoms with van der Waals surface area (Å²) in [6.07, 6.45) is 3.74. The third-order valence-electron chi connectivity index (χ3n) is 4.36. The van der Waals surface area contributed by atoms with E-state index < -0.39 is 11.5 Å². The largest absolute Gasteiger partial charge is 0.497 e. The highest BCUT2D eigenvalue weighted by atomic mass is 16.5. The Morgan fingerprint density at radius 2 is 1.71 bits per heavy atom. The SMILES string of the molecule is COc1ccc(C(=O)N(C)C2(C(=O)O)CCCCC2)cc1. The Hall–Kier alpha value is -2.04. The van der Waals surface area contributed by atoms with E-state index in [1.165, 1.54) is 4.90 Å². The van der Waals surface area contributed by atoms with Crippen molar-refractivity contribution in [1.82, 2.24) is 4.90 Å². The number of nitrogens with zero attached hydrogens (tertiary/aromatic N) is 1. The van der Waals surface area contributed by atoms with Crippen LogP contribution in [0.3, 0.4) is 0 Å². The van der Waals surface area contributed by atoms with Gasteiger partial charge >= 0.3 is 5.97 Å². The van der Waals surface area contributed by atoms with E-state index in [1.807, 2.05) is 0 Å². The fourth-order valence-electron chi connectivity index (χ4n) is 2.95. The predicted molar refractivity (Wildman–Crippen MR) is 78.5 cm³/mol. The number of likely N-dealkylation sites (N-methyl/N-ethyl adjacent to an activating group) is 1. The molecule has 114 valence electrons. The first kappa shape index (κ1) is 15.4. The number of carboxylic acid groups (broad SMARTS) is 1. The molecule has 1 fully saturated rings. The second-order valence-corrected chi connectivity index (χ2v) is 5.49. The van der Waals surface area contributed by atoms with E-state index in [9.17, 15) is 14.7 Å². The third-order valence-corrected chi connectivity index (χ3v) is 4.36. The Morgan fingerprint density at radius 1 is 1.14 bits per heavy atom. The number of carbonyl (C=O) groups is 2. The predicted octanol–water partition coefficient (Wildman–Crippen LogP) is 2.55. The molecule has 0 heterocycles. The van der Waals surface area contributed by atoms with Crippen LogP contribution in [0.2, 0.25) is 0 Å². The molecule has 0 aliphatic heterocycles. The van der Waals surface area contributed by atoms with Gasteiger partial charge in [-0.3, -0.25) is 4.79 Å². The van der Waals surface area contributed by atoms with Gasteiger partial charge in [0, 0.05) is 12.6 Å². The van der Waals surface area contributed by atoms with Crippen molar-refractivity contribution in [2.24, 2.45) is 0 Å². The minimum Gasteiger partial charge on any atom is -0.497 e. The first-order valence-electron chi connectivity index (χ1n) is 7.17. The standard InChI is InChI=1S/C16H21NO4/c1-17(16(15(19)20)10-4-3-5-11-16)14(18)12-6-8-13(21-2)9-7-12/h6-9H,3-5,10-11H2,1-2H3,(H,19,20). The molecule has 5 heteroatoms. The summed E-state index contributed by atoms with van der Waals surface area (Å²) in [7, 11) is 3.15. The van der Waals surface area contributed by atoms with Crippen molar-refractivity contribution in [2.45, 2.75) is 37.6 Å². The summed E-state index contributed by atoms with van der Waals surface area (Å²) in [4.78, 5) is 25.7. The lowest BCUT2D eigenvalue weighted by Crippen LogP contribution is -2.56. The molecule has 0 radical (unpaired) electrons. The lowest BCUT2D eigenvalue weighted by atomic mass is 9.80. The van der Waals surface area contributed by atoms with Gasteiger partial charge in [-0.1, -0.05) is 19.3 Å². The summed E-state index contributed by atoms with van der Waals surface area (Å²) in [6, 6.07) is 6.73. The molecular weight excluding hydrogens is 270 g/mol. The van der Waals surface area contributed by atoms with Crippen LogP contribution in [-0.2, 0) is 4.79 Å². The average Bonchev–Trinajstić information content (AvgIpc) is 2.54. The maximum absolute atomic E-state index is 12.6. The summed E-state index contributed by atoms with van der Waals surface area (Å²) < 4.78 is 5.06. The van der Waals surface area contributed by atoms with Crippen LogP contribution >= 0.6 is 0 Å². The van der Waals surface area contributed by atoms with Gasteiger partial charge < -0.3 is 14.7 Å². The lowest BCUT2D eigenvalue weighted by molar-refractivity contribution is -0.151. The van der Waals surface area contributed by atoms with Crippen LogP contribution in [0, 0.1) is 0 Å². The van der Waals surface area contributed by atoms with E-state index in [-0.39, 0.29) is 5.91 Å². The molecule has 1 aromatic carbocycles. The highest BCUT2D eigenvalue weighted by Crippen LogP contribution is 2.34. The van der Waals surface area contributed by atoms with Gasteiger partial charge in [0.2, 0.25) is 0 Å². The highest BCUT2D eigenvalue weighted by Gasteiger charge is 2.45. The number of aliphatic carboxylic acids is 1. The Kier molecular flexibility index (Phi) is 4.50. The quantitative estimate of drug-likeness (QED) is 0.925. The number of benzene rings is 1. The molecule has 0 atom stereocenters. The number of amides is 1. The van der Waals surface area contributed by atoms with Crippen LogP contribution in [0.5, 0.6) is 5.75 Å². The monoisotopic (exact) mass is 291 g/mol. The van der Waals surface area contributed by atoms with Crippen LogP contribution < -0.4 is 4.74 Å². The summed E-state index contributed by atoms with van der Waals surface area (Å²) in [5.74, 6) is -0.506. The topological polar surface area (TPSA) is 66.8 Å². The van der Waals surface area contributed by atoms with E-state index >= 15 is 0 Å². The van der Waals surface area contributed by atoms with E-state index in [1.54, 1.807) is 38.4 Å². The minimum absolute atomic E-state index is 0.262. The molecule has 1 N–H and O–H groups in total. The maximum Gasteiger partial charge on any atom is 0.329 e. The molecule has 1 saturated carbocycles. The molecular formula is C16H21NO4. The zero-order chi connectivity index (χ0) is 15.5. The fourth-order valence-corrected chi connectivity index (χ4v) is 2.95. The Bertz CT molecular complexity index is 518. The molecule has 0 spiro atoms. The van der Waals surface area contributed by atoms with E-state index in [2.05, 4.69) is 0 Å². The minimum atomic E-state index is -1.07. The van der Waals surface area contributed by atoms with Crippen LogP contribution in [0.4, 0.5) is 0 Å². The molecule has 2 rings (SSSR count). The van der Waals surface area contributed by atoms with Crippen LogP contribution in [-0.4, -0.2) is 41.6 Å². The molecule has 1 amide bonds. The van der Waals surface area contributed by atoms with Crippen LogP contribution in [0.15, 0.2) is 24.3 Å². The van der Waals surface area contributed by atoms with Crippen molar-refractivity contribution in [3.63, 3.8) is 0 Å². The Labute approximate surface area is 124 Å². The number of ether oxygens (including phenoxy) is 1. The molecule has 1 aliphatic rings. The van der Waals surface area contributed by atoms with Crippen molar-refractivity contribution >= 4 is 11.9 Å². The van der Waals surface area contributed by atoms with Gasteiger partial charge in [-0.15, -0.1) is 0 Å². The van der Waals surface area contributed by atoms with Gasteiger partial charge in [-0.05, 0) is 37.1 Å². The van der Waals surface area contributed by atoms with Crippen LogP contribution in [0.25, 0.3) is 0 Å².